The van der Waals surface area contributed by atoms with Crippen molar-refractivity contribution in [1.29, 1.82) is 0 Å². The summed E-state index contributed by atoms with van der Waals surface area (Å²) < 4.78 is 9.52. The Morgan fingerprint density at radius 2 is 1.88 bits per heavy atom. The largest absolute Gasteiger partial charge is 0.497 e. The van der Waals surface area contributed by atoms with Crippen LogP contribution in [0.1, 0.15) is 11.7 Å². The van der Waals surface area contributed by atoms with E-state index in [2.05, 4.69) is 20.7 Å². The minimum absolute atomic E-state index is 0.511. The minimum Gasteiger partial charge on any atom is -0.497 e. The van der Waals surface area contributed by atoms with Crippen molar-refractivity contribution in [3.63, 3.8) is 0 Å². The van der Waals surface area contributed by atoms with Crippen LogP contribution in [-0.4, -0.2) is 30.1 Å². The van der Waals surface area contributed by atoms with Crippen LogP contribution in [0.5, 0.6) is 5.75 Å². The van der Waals surface area contributed by atoms with Crippen LogP contribution < -0.4 is 4.74 Å². The molecule has 0 spiro atoms. The molecule has 0 aromatic heterocycles. The predicted octanol–water partition coefficient (Wildman–Crippen LogP) is 1.67. The summed E-state index contributed by atoms with van der Waals surface area (Å²) in [5.41, 5.74) is 0.619. The third-order valence-corrected chi connectivity index (χ3v) is 3.04. The first kappa shape index (κ1) is 13.0. The van der Waals surface area contributed by atoms with Crippen molar-refractivity contribution in [1.82, 2.24) is 0 Å². The number of halogens is 1. The quantitative estimate of drug-likeness (QED) is 0.676. The van der Waals surface area contributed by atoms with E-state index < -0.39 is 16.9 Å². The fraction of sp³-hybridized carbons (Fsp3) is 0.364. The molecule has 5 heteroatoms. The second-order valence-corrected chi connectivity index (χ2v) is 4.13. The van der Waals surface area contributed by atoms with Gasteiger partial charge in [0.25, 0.3) is 0 Å². The zero-order valence-electron chi connectivity index (χ0n) is 9.01. The molecule has 0 aliphatic rings. The maximum Gasteiger partial charge on any atom is 0.322 e. The number of rotatable bonds is 4. The summed E-state index contributed by atoms with van der Waals surface area (Å²) >= 11 is 3.09. The SMILES string of the molecule is COC(=O)[C@@H](Br)[C@@H](O)c1ccc(OC)cc1. The Morgan fingerprint density at radius 1 is 1.31 bits per heavy atom. The van der Waals surface area contributed by atoms with Gasteiger partial charge in [-0.2, -0.15) is 0 Å². The zero-order valence-corrected chi connectivity index (χ0v) is 10.6. The fourth-order valence-electron chi connectivity index (χ4n) is 1.21. The first-order chi connectivity index (χ1) is 7.60. The number of esters is 1. The molecule has 16 heavy (non-hydrogen) atoms. The topological polar surface area (TPSA) is 55.8 Å². The molecule has 0 unspecified atom stereocenters. The molecule has 0 fully saturated rings. The monoisotopic (exact) mass is 288 g/mol. The summed E-state index contributed by atoms with van der Waals surface area (Å²) in [4.78, 5) is 10.4. The Balaban J connectivity index is 2.79. The lowest BCUT2D eigenvalue weighted by Crippen LogP contribution is -2.23. The number of alkyl halides is 1. The van der Waals surface area contributed by atoms with Gasteiger partial charge in [-0.3, -0.25) is 4.79 Å². The Labute approximate surface area is 102 Å². The molecule has 0 amide bonds. The number of aliphatic hydroxyl groups is 1. The smallest absolute Gasteiger partial charge is 0.322 e. The summed E-state index contributed by atoms with van der Waals surface area (Å²) in [7, 11) is 2.84. The van der Waals surface area contributed by atoms with E-state index in [1.165, 1.54) is 7.11 Å². The average molecular weight is 289 g/mol. The normalized spacial score (nSPS) is 14.0. The molecule has 88 valence electrons. The number of hydrogen-bond donors (Lipinski definition) is 1. The van der Waals surface area contributed by atoms with Crippen molar-refractivity contribution in [2.24, 2.45) is 0 Å². The fourth-order valence-corrected chi connectivity index (χ4v) is 1.70. The van der Waals surface area contributed by atoms with Crippen LogP contribution in [-0.2, 0) is 9.53 Å². The van der Waals surface area contributed by atoms with Crippen molar-refractivity contribution < 1.29 is 19.4 Å². The molecular formula is C11H13BrO4. The second kappa shape index (κ2) is 5.86. The summed E-state index contributed by atoms with van der Waals surface area (Å²) in [5.74, 6) is 0.184. The van der Waals surface area contributed by atoms with Crippen molar-refractivity contribution in [2.75, 3.05) is 14.2 Å². The molecule has 1 aromatic carbocycles. The van der Waals surface area contributed by atoms with Gasteiger partial charge in [0.15, 0.2) is 0 Å². The van der Waals surface area contributed by atoms with Crippen LogP contribution in [0.4, 0.5) is 0 Å². The van der Waals surface area contributed by atoms with Gasteiger partial charge in [0, 0.05) is 0 Å². The van der Waals surface area contributed by atoms with Crippen LogP contribution in [0.3, 0.4) is 0 Å². The molecule has 1 aromatic rings. The molecule has 0 aliphatic heterocycles. The van der Waals surface area contributed by atoms with E-state index in [4.69, 9.17) is 4.74 Å². The predicted molar refractivity (Wildman–Crippen MR) is 62.7 cm³/mol. The number of carbonyl (C=O) groups is 1. The summed E-state index contributed by atoms with van der Waals surface area (Å²) in [6, 6.07) is 6.83. The van der Waals surface area contributed by atoms with Gasteiger partial charge in [-0.25, -0.2) is 0 Å². The third kappa shape index (κ3) is 2.96. The molecule has 1 rings (SSSR count). The van der Waals surface area contributed by atoms with Gasteiger partial charge >= 0.3 is 5.97 Å². The Hall–Kier alpha value is -1.07. The zero-order chi connectivity index (χ0) is 12.1. The van der Waals surface area contributed by atoms with Gasteiger partial charge in [-0.1, -0.05) is 28.1 Å². The minimum atomic E-state index is -0.946. The molecule has 0 bridgehead atoms. The van der Waals surface area contributed by atoms with Gasteiger partial charge in [-0.05, 0) is 17.7 Å². The molecule has 0 heterocycles. The van der Waals surface area contributed by atoms with Crippen LogP contribution in [0.15, 0.2) is 24.3 Å². The van der Waals surface area contributed by atoms with E-state index >= 15 is 0 Å². The first-order valence-corrected chi connectivity index (χ1v) is 5.55. The van der Waals surface area contributed by atoms with E-state index in [1.807, 2.05) is 0 Å². The van der Waals surface area contributed by atoms with Gasteiger partial charge in [0.05, 0.1) is 14.2 Å². The number of benzene rings is 1. The van der Waals surface area contributed by atoms with E-state index in [1.54, 1.807) is 31.4 Å². The molecule has 2 atom stereocenters. The molecule has 0 saturated carbocycles. The van der Waals surface area contributed by atoms with Gasteiger partial charge < -0.3 is 14.6 Å². The van der Waals surface area contributed by atoms with Crippen molar-refractivity contribution >= 4 is 21.9 Å². The van der Waals surface area contributed by atoms with Crippen molar-refractivity contribution in [3.8, 4) is 5.75 Å². The number of carbonyl (C=O) groups excluding carboxylic acids is 1. The van der Waals surface area contributed by atoms with Crippen LogP contribution >= 0.6 is 15.9 Å². The molecule has 0 radical (unpaired) electrons. The lowest BCUT2D eigenvalue weighted by molar-refractivity contribution is -0.141. The Kier molecular flexibility index (Phi) is 4.76. The van der Waals surface area contributed by atoms with Gasteiger partial charge in [0.2, 0.25) is 0 Å². The van der Waals surface area contributed by atoms with Crippen molar-refractivity contribution in [2.45, 2.75) is 10.9 Å². The van der Waals surface area contributed by atoms with Gasteiger partial charge in [0.1, 0.15) is 16.7 Å². The Morgan fingerprint density at radius 3 is 2.31 bits per heavy atom. The maximum absolute atomic E-state index is 11.2. The molecule has 0 aliphatic carbocycles. The number of hydrogen-bond acceptors (Lipinski definition) is 4. The van der Waals surface area contributed by atoms with Gasteiger partial charge in [-0.15, -0.1) is 0 Å². The maximum atomic E-state index is 11.2. The summed E-state index contributed by atoms with van der Waals surface area (Å²) in [6.07, 6.45) is -0.946. The highest BCUT2D eigenvalue weighted by Gasteiger charge is 2.25. The molecular weight excluding hydrogens is 276 g/mol. The van der Waals surface area contributed by atoms with Crippen LogP contribution in [0, 0.1) is 0 Å². The lowest BCUT2D eigenvalue weighted by Gasteiger charge is -2.15. The average Bonchev–Trinajstić information content (AvgIpc) is 2.36. The second-order valence-electron chi connectivity index (χ2n) is 3.14. The highest BCUT2D eigenvalue weighted by Crippen LogP contribution is 2.25. The molecule has 0 saturated heterocycles. The van der Waals surface area contributed by atoms with Crippen LogP contribution in [0.25, 0.3) is 0 Å². The number of methoxy groups -OCH3 is 2. The van der Waals surface area contributed by atoms with E-state index in [9.17, 15) is 9.90 Å². The summed E-state index contributed by atoms with van der Waals surface area (Å²) in [5, 5.41) is 9.87. The van der Waals surface area contributed by atoms with E-state index in [-0.39, 0.29) is 0 Å². The molecule has 1 N–H and O–H groups in total. The molecule has 4 nitrogen and oxygen atoms in total. The standard InChI is InChI=1S/C11H13BrO4/c1-15-8-5-3-7(4-6-8)10(13)9(12)11(14)16-2/h3-6,9-10,13H,1-2H3/t9-,10-/m0/s1. The Bertz CT molecular complexity index is 350. The van der Waals surface area contributed by atoms with E-state index in [0.29, 0.717) is 11.3 Å². The first-order valence-electron chi connectivity index (χ1n) is 4.64. The highest BCUT2D eigenvalue weighted by molar-refractivity contribution is 9.10. The number of ether oxygens (including phenoxy) is 2. The lowest BCUT2D eigenvalue weighted by atomic mass is 10.1. The number of aliphatic hydroxyl groups excluding tert-OH is 1. The van der Waals surface area contributed by atoms with Crippen molar-refractivity contribution in [3.05, 3.63) is 29.8 Å². The highest BCUT2D eigenvalue weighted by atomic mass is 79.9. The summed E-state index contributed by atoms with van der Waals surface area (Å²) in [6.45, 7) is 0. The third-order valence-electron chi connectivity index (χ3n) is 2.16. The van der Waals surface area contributed by atoms with Crippen LogP contribution in [0.2, 0.25) is 0 Å². The van der Waals surface area contributed by atoms with E-state index in [0.717, 1.165) is 0 Å².